The molecule has 3 heterocycles. The van der Waals surface area contributed by atoms with Crippen LogP contribution in [0.2, 0.25) is 0 Å². The maximum absolute atomic E-state index is 12.9. The van der Waals surface area contributed by atoms with E-state index < -0.39 is 35.3 Å². The van der Waals surface area contributed by atoms with Gasteiger partial charge in [0, 0.05) is 38.3 Å². The number of nitrogens with one attached hydrogen (secondary N) is 3. The summed E-state index contributed by atoms with van der Waals surface area (Å²) in [5, 5.41) is 5.88. The third-order valence-corrected chi connectivity index (χ3v) is 7.48. The minimum atomic E-state index is -0.962. The van der Waals surface area contributed by atoms with Crippen LogP contribution < -0.4 is 15.4 Å². The molecule has 2 fully saturated rings. The predicted molar refractivity (Wildman–Crippen MR) is 143 cm³/mol. The highest BCUT2D eigenvalue weighted by Crippen LogP contribution is 2.29. The Balaban J connectivity index is 1.11. The number of fused-ring (bicyclic) bond motifs is 1. The van der Waals surface area contributed by atoms with Crippen LogP contribution in [0.25, 0.3) is 0 Å². The summed E-state index contributed by atoms with van der Waals surface area (Å²) in [5.41, 5.74) is 0.808. The van der Waals surface area contributed by atoms with E-state index in [-0.39, 0.29) is 30.1 Å². The minimum Gasteiger partial charge on any atom is -0.444 e. The molecule has 0 saturated carbocycles. The van der Waals surface area contributed by atoms with Crippen molar-refractivity contribution in [2.45, 2.75) is 69.8 Å². The normalized spacial score (nSPS) is 19.8. The smallest absolute Gasteiger partial charge is 0.410 e. The number of benzene rings is 1. The van der Waals surface area contributed by atoms with Gasteiger partial charge in [-0.25, -0.2) is 4.79 Å². The molecule has 3 aliphatic rings. The topological polar surface area (TPSA) is 137 Å². The van der Waals surface area contributed by atoms with Crippen molar-refractivity contribution in [1.82, 2.24) is 19.8 Å². The molecule has 1 aromatic rings. The highest BCUT2D eigenvalue weighted by atomic mass is 32.2. The summed E-state index contributed by atoms with van der Waals surface area (Å²) in [4.78, 5) is 64.0. The van der Waals surface area contributed by atoms with E-state index in [1.54, 1.807) is 35.0 Å². The summed E-state index contributed by atoms with van der Waals surface area (Å²) >= 11 is 1.67. The van der Waals surface area contributed by atoms with E-state index in [4.69, 9.17) is 4.74 Å². The van der Waals surface area contributed by atoms with Crippen molar-refractivity contribution >= 4 is 47.4 Å². The predicted octanol–water partition coefficient (Wildman–Crippen LogP) is 2.53. The molecule has 0 radical (unpaired) electrons. The third-order valence-electron chi connectivity index (χ3n) is 6.47. The number of likely N-dealkylation sites (tertiary alicyclic amines) is 1. The molecule has 0 bridgehead atoms. The number of rotatable bonds is 10. The van der Waals surface area contributed by atoms with Crippen molar-refractivity contribution in [3.05, 3.63) is 29.3 Å². The molecule has 0 aromatic heterocycles. The maximum atomic E-state index is 12.9. The monoisotopic (exact) mass is 545 g/mol. The number of ether oxygens (including phenoxy) is 1. The molecule has 206 valence electrons. The lowest BCUT2D eigenvalue weighted by molar-refractivity contribution is -0.136. The second-order valence-corrected chi connectivity index (χ2v) is 11.9. The zero-order valence-corrected chi connectivity index (χ0v) is 22.8. The fourth-order valence-corrected chi connectivity index (χ4v) is 5.48. The second-order valence-electron chi connectivity index (χ2n) is 10.7. The van der Waals surface area contributed by atoms with Gasteiger partial charge in [0.15, 0.2) is 0 Å². The van der Waals surface area contributed by atoms with E-state index >= 15 is 0 Å². The van der Waals surface area contributed by atoms with Gasteiger partial charge >= 0.3 is 6.09 Å². The Labute approximate surface area is 226 Å². The largest absolute Gasteiger partial charge is 0.444 e. The van der Waals surface area contributed by atoms with Crippen LogP contribution in [-0.4, -0.2) is 82.6 Å². The number of anilines is 1. The lowest BCUT2D eigenvalue weighted by atomic mass is 10.0. The summed E-state index contributed by atoms with van der Waals surface area (Å²) in [7, 11) is 0. The first-order valence-electron chi connectivity index (χ1n) is 13.0. The number of hydrogen-bond donors (Lipinski definition) is 3. The SMILES string of the molecule is CC(C)(C)OC(=O)N1CC(SNCCCCCNc2ccc3c(c2)C(=O)N(C2CCC(=O)NC2=O)C3=O)C1. The van der Waals surface area contributed by atoms with Crippen molar-refractivity contribution in [2.24, 2.45) is 0 Å². The Morgan fingerprint density at radius 1 is 1.05 bits per heavy atom. The molecule has 1 aromatic carbocycles. The van der Waals surface area contributed by atoms with Crippen molar-refractivity contribution in [2.75, 3.05) is 31.5 Å². The third kappa shape index (κ3) is 6.65. The van der Waals surface area contributed by atoms with Crippen LogP contribution in [0.5, 0.6) is 0 Å². The van der Waals surface area contributed by atoms with Crippen LogP contribution in [0.4, 0.5) is 10.5 Å². The van der Waals surface area contributed by atoms with Crippen molar-refractivity contribution in [3.8, 4) is 0 Å². The van der Waals surface area contributed by atoms with Crippen molar-refractivity contribution in [1.29, 1.82) is 0 Å². The highest BCUT2D eigenvalue weighted by molar-refractivity contribution is 7.98. The molecule has 3 N–H and O–H groups in total. The number of amides is 5. The molecule has 11 nitrogen and oxygen atoms in total. The van der Waals surface area contributed by atoms with E-state index in [1.807, 2.05) is 20.8 Å². The van der Waals surface area contributed by atoms with E-state index in [1.165, 1.54) is 0 Å². The van der Waals surface area contributed by atoms with E-state index in [2.05, 4.69) is 15.4 Å². The summed E-state index contributed by atoms with van der Waals surface area (Å²) in [5.74, 6) is -2.02. The lowest BCUT2D eigenvalue weighted by Crippen LogP contribution is -2.54. The number of nitrogens with zero attached hydrogens (tertiary/aromatic N) is 2. The van der Waals surface area contributed by atoms with E-state index in [9.17, 15) is 24.0 Å². The second kappa shape index (κ2) is 11.7. The minimum absolute atomic E-state index is 0.0953. The number of imide groups is 2. The van der Waals surface area contributed by atoms with Gasteiger partial charge in [-0.05, 0) is 58.2 Å². The zero-order valence-electron chi connectivity index (χ0n) is 22.0. The molecule has 5 amide bonds. The summed E-state index contributed by atoms with van der Waals surface area (Å²) in [6.45, 7) is 8.57. The van der Waals surface area contributed by atoms with Gasteiger partial charge in [-0.1, -0.05) is 18.4 Å². The van der Waals surface area contributed by atoms with Crippen LogP contribution in [0.15, 0.2) is 18.2 Å². The van der Waals surface area contributed by atoms with Gasteiger partial charge in [-0.15, -0.1) is 0 Å². The molecule has 4 rings (SSSR count). The molecular formula is C26H35N5O6S. The molecule has 2 saturated heterocycles. The Kier molecular flexibility index (Phi) is 8.61. The first kappa shape index (κ1) is 27.9. The quantitative estimate of drug-likeness (QED) is 0.230. The summed E-state index contributed by atoms with van der Waals surface area (Å²) in [6, 6.07) is 4.06. The van der Waals surface area contributed by atoms with Crippen LogP contribution in [0, 0.1) is 0 Å². The Bertz CT molecular complexity index is 1110. The molecule has 3 aliphatic heterocycles. The van der Waals surface area contributed by atoms with Crippen molar-refractivity contribution < 1.29 is 28.7 Å². The van der Waals surface area contributed by atoms with Crippen LogP contribution in [0.3, 0.4) is 0 Å². The Morgan fingerprint density at radius 3 is 2.47 bits per heavy atom. The standard InChI is InChI=1S/C26H35N5O6S/c1-26(2,3)37-25(36)30-14-17(15-30)38-28-12-6-4-5-11-27-16-7-8-18-19(13-16)24(35)31(23(18)34)20-9-10-21(32)29-22(20)33/h7-8,13,17,20,27-28H,4-6,9-12,14-15H2,1-3H3,(H,29,32,33). The molecule has 0 spiro atoms. The Hall–Kier alpha value is -3.12. The fraction of sp³-hybridized carbons (Fsp3) is 0.577. The van der Waals surface area contributed by atoms with Gasteiger partial charge < -0.3 is 15.0 Å². The fourth-order valence-electron chi connectivity index (χ4n) is 4.48. The lowest BCUT2D eigenvalue weighted by Gasteiger charge is -2.39. The van der Waals surface area contributed by atoms with Crippen molar-refractivity contribution in [3.63, 3.8) is 0 Å². The summed E-state index contributed by atoms with van der Waals surface area (Å²) < 4.78 is 8.74. The summed E-state index contributed by atoms with van der Waals surface area (Å²) in [6.07, 6.45) is 2.94. The number of unbranched alkanes of at least 4 members (excludes halogenated alkanes) is 2. The maximum Gasteiger partial charge on any atom is 0.410 e. The number of hydrogen-bond acceptors (Lipinski definition) is 9. The van der Waals surface area contributed by atoms with Crippen LogP contribution >= 0.6 is 11.9 Å². The molecule has 38 heavy (non-hydrogen) atoms. The van der Waals surface area contributed by atoms with Crippen LogP contribution in [0.1, 0.15) is 73.6 Å². The van der Waals surface area contributed by atoms with E-state index in [0.29, 0.717) is 18.3 Å². The first-order chi connectivity index (χ1) is 18.0. The average molecular weight is 546 g/mol. The average Bonchev–Trinajstić information content (AvgIpc) is 3.05. The highest BCUT2D eigenvalue weighted by Gasteiger charge is 2.44. The van der Waals surface area contributed by atoms with Gasteiger partial charge in [0.25, 0.3) is 11.8 Å². The number of carbonyl (C=O) groups excluding carboxylic acids is 5. The Morgan fingerprint density at radius 2 is 1.76 bits per heavy atom. The van der Waals surface area contributed by atoms with Crippen LogP contribution in [-0.2, 0) is 14.3 Å². The first-order valence-corrected chi connectivity index (χ1v) is 13.9. The molecule has 1 atom stereocenters. The molecular weight excluding hydrogens is 510 g/mol. The molecule has 0 aliphatic carbocycles. The number of carbonyl (C=O) groups is 5. The van der Waals surface area contributed by atoms with E-state index in [0.717, 1.165) is 42.9 Å². The molecule has 12 heteroatoms. The van der Waals surface area contributed by atoms with Gasteiger partial charge in [-0.3, -0.25) is 34.1 Å². The number of piperidine rings is 1. The van der Waals surface area contributed by atoms with Gasteiger partial charge in [-0.2, -0.15) is 0 Å². The zero-order chi connectivity index (χ0) is 27.4. The van der Waals surface area contributed by atoms with Gasteiger partial charge in [0.1, 0.15) is 11.6 Å². The van der Waals surface area contributed by atoms with Gasteiger partial charge in [0.05, 0.1) is 16.4 Å². The van der Waals surface area contributed by atoms with Gasteiger partial charge in [0.2, 0.25) is 11.8 Å². The molecule has 1 unspecified atom stereocenters.